The Morgan fingerprint density at radius 1 is 0.417 bits per heavy atom. The highest BCUT2D eigenvalue weighted by Crippen LogP contribution is 2.22. The van der Waals surface area contributed by atoms with E-state index in [0.717, 1.165) is 124 Å². The van der Waals surface area contributed by atoms with E-state index in [1.54, 1.807) is 0 Å². The Labute approximate surface area is 780 Å². The molecule has 11 N–H and O–H groups in total. The minimum absolute atomic E-state index is 0.0584. The van der Waals surface area contributed by atoms with Crippen LogP contribution in [0.15, 0.2) is 30.3 Å². The van der Waals surface area contributed by atoms with Crippen molar-refractivity contribution in [2.24, 2.45) is 23.2 Å². The van der Waals surface area contributed by atoms with E-state index in [1.165, 1.54) is 24.9 Å². The number of carbonyl (C=O) groups is 7. The quantitative estimate of drug-likeness (QED) is 0.0271. The second-order valence-corrected chi connectivity index (χ2v) is 43.2. The number of benzene rings is 1. The molecule has 127 heavy (non-hydrogen) atoms. The number of hydrogen-bond donors (Lipinski definition) is 11. The normalized spacial score (nSPS) is 16.0. The van der Waals surface area contributed by atoms with Crippen LogP contribution in [0.2, 0.25) is 0 Å². The molecular formula is C99H205N21O7. The fourth-order valence-corrected chi connectivity index (χ4v) is 15.8. The van der Waals surface area contributed by atoms with Crippen molar-refractivity contribution in [3.63, 3.8) is 0 Å². The summed E-state index contributed by atoms with van der Waals surface area (Å²) >= 11 is 0. The van der Waals surface area contributed by atoms with Crippen LogP contribution >= 0.6 is 0 Å². The molecule has 3 saturated heterocycles. The van der Waals surface area contributed by atoms with Crippen molar-refractivity contribution in [2.75, 3.05) is 189 Å². The summed E-state index contributed by atoms with van der Waals surface area (Å²) in [5.41, 5.74) is -0.576. The van der Waals surface area contributed by atoms with Gasteiger partial charge in [-0.05, 0) is 288 Å². The lowest BCUT2D eigenvalue weighted by Gasteiger charge is -2.39. The first kappa shape index (κ1) is 126. The van der Waals surface area contributed by atoms with E-state index < -0.39 is 22.2 Å². The summed E-state index contributed by atoms with van der Waals surface area (Å²) in [6.45, 7) is 76.7. The zero-order valence-corrected chi connectivity index (χ0v) is 89.8. The summed E-state index contributed by atoms with van der Waals surface area (Å²) in [5, 5.41) is 35.3. The fraction of sp³-hybridized carbons (Fsp3) is 0.869. The Balaban J connectivity index is -0.00000142. The van der Waals surface area contributed by atoms with Gasteiger partial charge < -0.3 is 103 Å². The zero-order chi connectivity index (χ0) is 98.8. The number of hydrogen-bond acceptors (Lipinski definition) is 21. The molecule has 1 unspecified atom stereocenters. The Hall–Kier alpha value is -5.05. The molecule has 7 amide bonds. The molecule has 0 aliphatic carbocycles. The van der Waals surface area contributed by atoms with Gasteiger partial charge in [0, 0.05) is 147 Å². The molecule has 28 nitrogen and oxygen atoms in total. The number of likely N-dealkylation sites (tertiary alicyclic amines) is 2. The van der Waals surface area contributed by atoms with Crippen LogP contribution in [0, 0.1) is 23.2 Å². The standard InChI is InChI=1S/C18H29N3O.C15H31N3O.C14H29N3O.2C14H31N3O.2C12H27N3O/c1-15(2)19-18(3,4)17(22)21-12-10-20(11-13-21)14-16-8-6-5-7-9-16;1-11(2)14(17-12(3)4)15(19)16-9-8-13-7-6-10-18(13)5;1-11(2)15-14(3,4)13(18)17(6)12-7-9-16(5)10-8-12;1-11(2)16-14(5,6)12(18)15-9-13(3,4)10-17(7)8;1-11(2)13(15-12(3)4)14(18)17(7)10-8-9-16(5)6;1-10(2)14-12(3,4)11(16)13-8-7-9-15(5)6;1-9(2)11(14-10(3)4)12(16)13-7-8-15(5)6/h5-9,15,19H,10-14H2,1-4H3;11-14,17H,6-10H2,1-5H3,(H,16,19);11-12,15H,7-10H2,1-6H3;11,16H,9-10H2,1-8H3,(H,15,18);11-13,15H,8-10H2,1-7H3;10,14H,7-9H2,1-6H3,(H,13,16);9-11,14H,7-8H2,1-6H3,(H,13,16)/t;13?,14-;;;13-;;11-/m.1..1.1/s1. The molecule has 0 saturated carbocycles. The van der Waals surface area contributed by atoms with E-state index in [9.17, 15) is 33.6 Å². The highest BCUT2D eigenvalue weighted by atomic mass is 16.2. The number of nitrogens with zero attached hydrogens (tertiary/aromatic N) is 10. The number of likely N-dealkylation sites (N-methyl/N-ethyl adjacent to an activating group) is 3. The van der Waals surface area contributed by atoms with E-state index in [1.807, 2.05) is 160 Å². The van der Waals surface area contributed by atoms with E-state index >= 15 is 0 Å². The lowest BCUT2D eigenvalue weighted by Crippen LogP contribution is -2.59. The molecule has 0 radical (unpaired) electrons. The van der Waals surface area contributed by atoms with Gasteiger partial charge in [-0.2, -0.15) is 0 Å². The minimum atomic E-state index is -0.525. The molecule has 0 bridgehead atoms. The number of carbonyl (C=O) groups excluding carboxylic acids is 7. The van der Waals surface area contributed by atoms with Gasteiger partial charge in [-0.15, -0.1) is 0 Å². The molecule has 3 heterocycles. The van der Waals surface area contributed by atoms with Crippen LogP contribution in [0.1, 0.15) is 258 Å². The summed E-state index contributed by atoms with van der Waals surface area (Å²) in [7, 11) is 24.4. The minimum Gasteiger partial charge on any atom is -0.355 e. The van der Waals surface area contributed by atoms with Gasteiger partial charge in [-0.25, -0.2) is 0 Å². The molecule has 1 aromatic carbocycles. The Morgan fingerprint density at radius 3 is 1.23 bits per heavy atom. The summed E-state index contributed by atoms with van der Waals surface area (Å²) < 4.78 is 0. The van der Waals surface area contributed by atoms with Crippen molar-refractivity contribution in [1.29, 1.82) is 0 Å². The Morgan fingerprint density at radius 2 is 0.827 bits per heavy atom. The van der Waals surface area contributed by atoms with Gasteiger partial charge >= 0.3 is 0 Å². The molecule has 748 valence electrons. The Kier molecular flexibility index (Phi) is 64.3. The van der Waals surface area contributed by atoms with Crippen molar-refractivity contribution < 1.29 is 33.6 Å². The second-order valence-electron chi connectivity index (χ2n) is 43.2. The van der Waals surface area contributed by atoms with E-state index in [4.69, 9.17) is 0 Å². The topological polar surface area (TPSA) is 284 Å². The van der Waals surface area contributed by atoms with Gasteiger partial charge in [-0.3, -0.25) is 38.5 Å². The van der Waals surface area contributed by atoms with E-state index in [0.29, 0.717) is 85.2 Å². The maximum Gasteiger partial charge on any atom is 0.242 e. The summed E-state index contributed by atoms with van der Waals surface area (Å²) in [5.74, 6) is 1.93. The highest BCUT2D eigenvalue weighted by Gasteiger charge is 2.38. The summed E-state index contributed by atoms with van der Waals surface area (Å²) in [4.78, 5) is 107. The number of nitrogens with one attached hydrogen (secondary N) is 11. The molecule has 3 fully saturated rings. The van der Waals surface area contributed by atoms with Crippen molar-refractivity contribution in [3.8, 4) is 0 Å². The molecule has 4 atom stereocenters. The maximum atomic E-state index is 12.7. The third-order valence-corrected chi connectivity index (χ3v) is 22.0. The SMILES string of the molecule is CC(C)NC(C)(C)C(=O)N(C)C1CCN(C)CC1.CC(C)NC(C)(C)C(=O)N1CCN(Cc2ccccc2)CC1.CC(C)NC(C)(C)C(=O)NCC(C)(C)CN(C)C.CC(C)NC(C)(C)C(=O)NCCCN(C)C.CC(C)N[C@@H](C(=O)N(C)CCCN(C)C)C(C)C.CC(C)N[C@@H](C(=O)NCCC1CCCN1C)C(C)C.CC(C)N[C@@H](C(=O)NCCN(C)C)C(C)C. The second kappa shape index (κ2) is 64.7. The first-order valence-corrected chi connectivity index (χ1v) is 48.4. The average molecular weight is 1800 g/mol. The molecule has 3 aliphatic heterocycles. The lowest BCUT2D eigenvalue weighted by atomic mass is 9.92. The first-order chi connectivity index (χ1) is 58.3. The Bertz CT molecular complexity index is 3070. The molecule has 1 aromatic rings. The number of piperazine rings is 1. The van der Waals surface area contributed by atoms with E-state index in [-0.39, 0.29) is 64.9 Å². The van der Waals surface area contributed by atoms with Crippen LogP contribution in [-0.2, 0) is 40.1 Å². The smallest absolute Gasteiger partial charge is 0.242 e. The van der Waals surface area contributed by atoms with Gasteiger partial charge in [0.2, 0.25) is 41.4 Å². The summed E-state index contributed by atoms with van der Waals surface area (Å²) in [6, 6.07) is 13.5. The summed E-state index contributed by atoms with van der Waals surface area (Å²) in [6.07, 6.45) is 7.78. The third-order valence-electron chi connectivity index (χ3n) is 22.0. The first-order valence-electron chi connectivity index (χ1n) is 48.4. The molecule has 28 heteroatoms. The number of piperidine rings is 1. The van der Waals surface area contributed by atoms with E-state index in [2.05, 4.69) is 270 Å². The maximum absolute atomic E-state index is 12.7. The number of rotatable bonds is 45. The third kappa shape index (κ3) is 60.0. The highest BCUT2D eigenvalue weighted by molar-refractivity contribution is 5.87. The van der Waals surface area contributed by atoms with Gasteiger partial charge in [-0.1, -0.05) is 127 Å². The fourth-order valence-electron chi connectivity index (χ4n) is 15.8. The van der Waals surface area contributed by atoms with Crippen LogP contribution in [0.5, 0.6) is 0 Å². The van der Waals surface area contributed by atoms with Crippen LogP contribution in [0.3, 0.4) is 0 Å². The molecule has 3 aliphatic rings. The van der Waals surface area contributed by atoms with Crippen LogP contribution < -0.4 is 58.5 Å². The van der Waals surface area contributed by atoms with Gasteiger partial charge in [0.15, 0.2) is 0 Å². The van der Waals surface area contributed by atoms with Crippen LogP contribution in [-0.4, -0.2) is 374 Å². The van der Waals surface area contributed by atoms with Crippen LogP contribution in [0.25, 0.3) is 0 Å². The van der Waals surface area contributed by atoms with Crippen molar-refractivity contribution in [2.45, 2.75) is 354 Å². The predicted octanol–water partition coefficient (Wildman–Crippen LogP) is 9.44. The molecule has 0 aromatic heterocycles. The largest absolute Gasteiger partial charge is 0.355 e. The van der Waals surface area contributed by atoms with Crippen molar-refractivity contribution >= 4 is 41.4 Å². The molecule has 0 spiro atoms. The van der Waals surface area contributed by atoms with Crippen molar-refractivity contribution in [1.82, 2.24) is 107 Å². The average Bonchev–Trinajstić information content (AvgIpc) is 1.65. The molecule has 4 rings (SSSR count). The molecular weight excluding hydrogens is 1600 g/mol. The van der Waals surface area contributed by atoms with Crippen LogP contribution in [0.4, 0.5) is 0 Å². The lowest BCUT2D eigenvalue weighted by molar-refractivity contribution is -0.139. The van der Waals surface area contributed by atoms with Gasteiger partial charge in [0.25, 0.3) is 0 Å². The van der Waals surface area contributed by atoms with Gasteiger partial charge in [0.1, 0.15) is 0 Å². The zero-order valence-electron chi connectivity index (χ0n) is 89.8. The number of amides is 7. The predicted molar refractivity (Wildman–Crippen MR) is 539 cm³/mol. The van der Waals surface area contributed by atoms with Crippen molar-refractivity contribution in [3.05, 3.63) is 35.9 Å². The monoisotopic (exact) mass is 1800 g/mol. The van der Waals surface area contributed by atoms with Gasteiger partial charge in [0.05, 0.1) is 40.3 Å².